The standard InChI is InChI=1S/C8H18N2O3/c1-3-8(2,13)5-10-4-6(9)7(11)12/h6,10,13H,3-5,9H2,1-2H3,(H,11,12). The SMILES string of the molecule is CCC(C)(O)CNCC(N)C(=O)O. The first-order valence-electron chi connectivity index (χ1n) is 4.30. The Morgan fingerprint density at radius 2 is 2.23 bits per heavy atom. The molecule has 0 rings (SSSR count). The van der Waals surface area contributed by atoms with E-state index in [0.29, 0.717) is 13.0 Å². The largest absolute Gasteiger partial charge is 0.480 e. The molecule has 0 radical (unpaired) electrons. The van der Waals surface area contributed by atoms with Crippen molar-refractivity contribution in [1.29, 1.82) is 0 Å². The van der Waals surface area contributed by atoms with Crippen LogP contribution in [0.1, 0.15) is 20.3 Å². The lowest BCUT2D eigenvalue weighted by molar-refractivity contribution is -0.138. The number of rotatable bonds is 6. The molecule has 5 nitrogen and oxygen atoms in total. The molecule has 0 heterocycles. The number of carboxylic acids is 1. The highest BCUT2D eigenvalue weighted by atomic mass is 16.4. The van der Waals surface area contributed by atoms with Gasteiger partial charge in [-0.3, -0.25) is 4.79 Å². The molecule has 0 aromatic carbocycles. The summed E-state index contributed by atoms with van der Waals surface area (Å²) in [5, 5.41) is 20.8. The third kappa shape index (κ3) is 5.57. The van der Waals surface area contributed by atoms with Crippen molar-refractivity contribution in [3.8, 4) is 0 Å². The van der Waals surface area contributed by atoms with Gasteiger partial charge in [0.25, 0.3) is 0 Å². The van der Waals surface area contributed by atoms with Crippen LogP contribution in [0.2, 0.25) is 0 Å². The van der Waals surface area contributed by atoms with E-state index in [0.717, 1.165) is 0 Å². The van der Waals surface area contributed by atoms with Crippen molar-refractivity contribution in [3.05, 3.63) is 0 Å². The molecule has 0 aliphatic heterocycles. The summed E-state index contributed by atoms with van der Waals surface area (Å²) in [7, 11) is 0. The molecule has 0 amide bonds. The van der Waals surface area contributed by atoms with Crippen LogP contribution in [0.5, 0.6) is 0 Å². The van der Waals surface area contributed by atoms with Gasteiger partial charge >= 0.3 is 5.97 Å². The molecule has 78 valence electrons. The van der Waals surface area contributed by atoms with Crippen molar-refractivity contribution >= 4 is 5.97 Å². The molecule has 0 aromatic heterocycles. The summed E-state index contributed by atoms with van der Waals surface area (Å²) in [5.41, 5.74) is 4.45. The summed E-state index contributed by atoms with van der Waals surface area (Å²) in [6.45, 7) is 4.07. The predicted molar refractivity (Wildman–Crippen MR) is 49.4 cm³/mol. The zero-order valence-corrected chi connectivity index (χ0v) is 8.08. The Kier molecular flexibility index (Phi) is 4.90. The van der Waals surface area contributed by atoms with E-state index in [1.54, 1.807) is 6.92 Å². The predicted octanol–water partition coefficient (Wildman–Crippen LogP) is -0.851. The number of nitrogens with one attached hydrogen (secondary N) is 1. The summed E-state index contributed by atoms with van der Waals surface area (Å²) < 4.78 is 0. The smallest absolute Gasteiger partial charge is 0.321 e. The molecule has 0 saturated heterocycles. The van der Waals surface area contributed by atoms with Crippen LogP contribution in [0.25, 0.3) is 0 Å². The Labute approximate surface area is 77.9 Å². The molecule has 0 fully saturated rings. The van der Waals surface area contributed by atoms with E-state index >= 15 is 0 Å². The van der Waals surface area contributed by atoms with E-state index in [4.69, 9.17) is 10.8 Å². The fourth-order valence-corrected chi connectivity index (χ4v) is 0.709. The number of carbonyl (C=O) groups is 1. The second-order valence-corrected chi connectivity index (χ2v) is 3.43. The molecule has 13 heavy (non-hydrogen) atoms. The van der Waals surface area contributed by atoms with E-state index in [1.807, 2.05) is 6.92 Å². The number of aliphatic carboxylic acids is 1. The Bertz CT molecular complexity index is 171. The van der Waals surface area contributed by atoms with Crippen LogP contribution in [0.15, 0.2) is 0 Å². The van der Waals surface area contributed by atoms with Gasteiger partial charge in [0.15, 0.2) is 0 Å². The minimum atomic E-state index is -1.04. The number of hydrogen-bond acceptors (Lipinski definition) is 4. The van der Waals surface area contributed by atoms with Crippen LogP contribution in [0.4, 0.5) is 0 Å². The zero-order chi connectivity index (χ0) is 10.5. The fraction of sp³-hybridized carbons (Fsp3) is 0.875. The van der Waals surface area contributed by atoms with Gasteiger partial charge in [0.05, 0.1) is 5.60 Å². The van der Waals surface area contributed by atoms with Gasteiger partial charge in [0, 0.05) is 13.1 Å². The van der Waals surface area contributed by atoms with Gasteiger partial charge in [0.1, 0.15) is 6.04 Å². The highest BCUT2D eigenvalue weighted by Crippen LogP contribution is 2.05. The van der Waals surface area contributed by atoms with E-state index in [9.17, 15) is 9.90 Å². The molecule has 5 heteroatoms. The van der Waals surface area contributed by atoms with Crippen molar-refractivity contribution in [3.63, 3.8) is 0 Å². The summed E-state index contributed by atoms with van der Waals surface area (Å²) in [5.74, 6) is -1.04. The zero-order valence-electron chi connectivity index (χ0n) is 8.08. The summed E-state index contributed by atoms with van der Waals surface area (Å²) in [6.07, 6.45) is 0.613. The Morgan fingerprint density at radius 3 is 2.62 bits per heavy atom. The maximum Gasteiger partial charge on any atom is 0.321 e. The van der Waals surface area contributed by atoms with Gasteiger partial charge in [-0.25, -0.2) is 0 Å². The molecule has 5 N–H and O–H groups in total. The Balaban J connectivity index is 3.62. The van der Waals surface area contributed by atoms with Crippen LogP contribution in [0, 0.1) is 0 Å². The molecule has 2 atom stereocenters. The topological polar surface area (TPSA) is 95.6 Å². The average Bonchev–Trinajstić information content (AvgIpc) is 2.04. The van der Waals surface area contributed by atoms with Gasteiger partial charge in [-0.15, -0.1) is 0 Å². The fourth-order valence-electron chi connectivity index (χ4n) is 0.709. The first-order chi connectivity index (χ1) is 5.89. The third-order valence-electron chi connectivity index (χ3n) is 1.95. The average molecular weight is 190 g/mol. The van der Waals surface area contributed by atoms with E-state index in [-0.39, 0.29) is 6.54 Å². The summed E-state index contributed by atoms with van der Waals surface area (Å²) in [4.78, 5) is 10.3. The van der Waals surface area contributed by atoms with Crippen molar-refractivity contribution < 1.29 is 15.0 Å². The normalized spacial score (nSPS) is 17.8. The van der Waals surface area contributed by atoms with Crippen LogP contribution < -0.4 is 11.1 Å². The molecule has 0 aromatic rings. The van der Waals surface area contributed by atoms with Gasteiger partial charge in [-0.05, 0) is 13.3 Å². The minimum absolute atomic E-state index is 0.172. The molecule has 2 unspecified atom stereocenters. The Morgan fingerprint density at radius 1 is 1.69 bits per heavy atom. The van der Waals surface area contributed by atoms with Crippen LogP contribution >= 0.6 is 0 Å². The summed E-state index contributed by atoms with van der Waals surface area (Å²) in [6, 6.07) is -0.910. The maximum absolute atomic E-state index is 10.3. The van der Waals surface area contributed by atoms with Gasteiger partial charge in [0.2, 0.25) is 0 Å². The maximum atomic E-state index is 10.3. The Hall–Kier alpha value is -0.650. The number of nitrogens with two attached hydrogens (primary N) is 1. The van der Waals surface area contributed by atoms with Crippen LogP contribution in [0.3, 0.4) is 0 Å². The minimum Gasteiger partial charge on any atom is -0.480 e. The molecular formula is C8H18N2O3. The van der Waals surface area contributed by atoms with Crippen molar-refractivity contribution in [2.24, 2.45) is 5.73 Å². The molecule has 0 bridgehead atoms. The third-order valence-corrected chi connectivity index (χ3v) is 1.95. The monoisotopic (exact) mass is 190 g/mol. The molecule has 0 aliphatic carbocycles. The lowest BCUT2D eigenvalue weighted by Gasteiger charge is -2.22. The molecule has 0 aliphatic rings. The highest BCUT2D eigenvalue weighted by molar-refractivity contribution is 5.73. The van der Waals surface area contributed by atoms with E-state index in [2.05, 4.69) is 5.32 Å². The molecule has 0 saturated carbocycles. The first kappa shape index (κ1) is 12.3. The van der Waals surface area contributed by atoms with Crippen LogP contribution in [-0.2, 0) is 4.79 Å². The second-order valence-electron chi connectivity index (χ2n) is 3.43. The molecule has 0 spiro atoms. The highest BCUT2D eigenvalue weighted by Gasteiger charge is 2.18. The van der Waals surface area contributed by atoms with Gasteiger partial charge in [-0.2, -0.15) is 0 Å². The molecular weight excluding hydrogens is 172 g/mol. The lowest BCUT2D eigenvalue weighted by atomic mass is 10.0. The van der Waals surface area contributed by atoms with Gasteiger partial charge < -0.3 is 21.3 Å². The lowest BCUT2D eigenvalue weighted by Crippen LogP contribution is -2.45. The van der Waals surface area contributed by atoms with Crippen molar-refractivity contribution in [1.82, 2.24) is 5.32 Å². The van der Waals surface area contributed by atoms with E-state index < -0.39 is 17.6 Å². The number of hydrogen-bond donors (Lipinski definition) is 4. The number of carboxylic acid groups (broad SMARTS) is 1. The first-order valence-corrected chi connectivity index (χ1v) is 4.30. The second kappa shape index (κ2) is 5.16. The summed E-state index contributed by atoms with van der Waals surface area (Å²) >= 11 is 0. The van der Waals surface area contributed by atoms with Crippen molar-refractivity contribution in [2.45, 2.75) is 31.9 Å². The van der Waals surface area contributed by atoms with Crippen LogP contribution in [-0.4, -0.2) is 40.9 Å². The number of aliphatic hydroxyl groups is 1. The van der Waals surface area contributed by atoms with Gasteiger partial charge in [-0.1, -0.05) is 6.92 Å². The van der Waals surface area contributed by atoms with E-state index in [1.165, 1.54) is 0 Å². The van der Waals surface area contributed by atoms with Crippen molar-refractivity contribution in [2.75, 3.05) is 13.1 Å². The quantitative estimate of drug-likeness (QED) is 0.437.